The number of nitrogens with two attached hydrogens (primary N) is 2. The molecule has 0 atom stereocenters. The normalized spacial score (nSPS) is 10.4. The number of benzene rings is 2. The molecular weight excluding hydrogens is 574 g/mol. The average Bonchev–Trinajstić information content (AvgIpc) is 3.53. The van der Waals surface area contributed by atoms with E-state index in [1.807, 2.05) is 61.4 Å². The molecule has 0 bridgehead atoms. The van der Waals surface area contributed by atoms with Crippen LogP contribution < -0.4 is 27.4 Å². The molecule has 0 saturated carbocycles. The van der Waals surface area contributed by atoms with Crippen molar-refractivity contribution >= 4 is 47.7 Å². The van der Waals surface area contributed by atoms with Crippen LogP contribution in [-0.2, 0) is 26.2 Å². The van der Waals surface area contributed by atoms with E-state index in [2.05, 4.69) is 57.6 Å². The number of nitrogen functional groups attached to an aromatic ring is 1. The lowest BCUT2D eigenvalue weighted by atomic mass is 9.93. The van der Waals surface area contributed by atoms with Crippen molar-refractivity contribution in [3.05, 3.63) is 83.4 Å². The Hall–Kier alpha value is -5.14. The van der Waals surface area contributed by atoms with Gasteiger partial charge in [0, 0.05) is 41.6 Å². The van der Waals surface area contributed by atoms with Crippen LogP contribution in [0.3, 0.4) is 0 Å². The number of nitrogens with zero attached hydrogens (tertiary/aromatic N) is 3. The molecule has 0 radical (unpaired) electrons. The lowest BCUT2D eigenvalue weighted by Crippen LogP contribution is -2.17. The minimum atomic E-state index is -0.125. The summed E-state index contributed by atoms with van der Waals surface area (Å²) in [5, 5.41) is 22.0. The molecular formula is C32H43N9O4. The molecule has 4 rings (SSSR count). The highest BCUT2D eigenvalue weighted by molar-refractivity contribution is 6.16. The van der Waals surface area contributed by atoms with Gasteiger partial charge in [0.1, 0.15) is 30.5 Å². The largest absolute Gasteiger partial charge is 0.383 e. The minimum Gasteiger partial charge on any atom is -0.383 e. The van der Waals surface area contributed by atoms with Crippen LogP contribution in [0.5, 0.6) is 0 Å². The number of carbonyl (C=O) groups excluding carboxylic acids is 2. The molecule has 0 saturated heterocycles. The van der Waals surface area contributed by atoms with Crippen LogP contribution in [0.2, 0.25) is 0 Å². The molecule has 0 aliphatic carbocycles. The van der Waals surface area contributed by atoms with Gasteiger partial charge in [-0.05, 0) is 49.7 Å². The molecule has 13 heteroatoms. The van der Waals surface area contributed by atoms with Gasteiger partial charge < -0.3 is 41.5 Å². The third kappa shape index (κ3) is 11.1. The van der Waals surface area contributed by atoms with Crippen molar-refractivity contribution in [3.8, 4) is 0 Å². The summed E-state index contributed by atoms with van der Waals surface area (Å²) < 4.78 is 10.9. The van der Waals surface area contributed by atoms with E-state index in [0.717, 1.165) is 35.5 Å². The number of rotatable bonds is 14. The second-order valence-corrected chi connectivity index (χ2v) is 10.5. The first-order chi connectivity index (χ1) is 21.7. The highest BCUT2D eigenvalue weighted by Crippen LogP contribution is 2.28. The zero-order valence-electron chi connectivity index (χ0n) is 26.2. The molecule has 0 unspecified atom stereocenters. The number of hydrogen-bond donors (Lipinski definition) is 6. The van der Waals surface area contributed by atoms with Gasteiger partial charge in [-0.3, -0.25) is 10.2 Å². The van der Waals surface area contributed by atoms with Gasteiger partial charge in [0.15, 0.2) is 5.82 Å². The van der Waals surface area contributed by atoms with E-state index in [1.165, 1.54) is 13.4 Å². The molecule has 2 aromatic carbocycles. The summed E-state index contributed by atoms with van der Waals surface area (Å²) in [6, 6.07) is 17.3. The first kappa shape index (κ1) is 36.1. The number of hydrogen-bond acceptors (Lipinski definition) is 12. The molecule has 0 aliphatic heterocycles. The molecule has 45 heavy (non-hydrogen) atoms. The number of aryl methyl sites for hydroxylation is 1. The van der Waals surface area contributed by atoms with Crippen molar-refractivity contribution in [1.82, 2.24) is 20.4 Å². The highest BCUT2D eigenvalue weighted by atomic mass is 16.5. The van der Waals surface area contributed by atoms with Crippen LogP contribution in [0.1, 0.15) is 49.6 Å². The van der Waals surface area contributed by atoms with E-state index in [-0.39, 0.29) is 16.9 Å². The first-order valence-electron chi connectivity index (χ1n) is 14.3. The molecule has 0 spiro atoms. The number of nitrogens with one attached hydrogen (secondary N) is 4. The Bertz CT molecular complexity index is 1470. The van der Waals surface area contributed by atoms with Gasteiger partial charge in [-0.15, -0.1) is 0 Å². The summed E-state index contributed by atoms with van der Waals surface area (Å²) >= 11 is 0. The summed E-state index contributed by atoms with van der Waals surface area (Å²) in [7, 11) is 1.50. The summed E-state index contributed by atoms with van der Waals surface area (Å²) in [5.74, 6) is 2.10. The Labute approximate surface area is 263 Å². The van der Waals surface area contributed by atoms with Crippen molar-refractivity contribution < 1.29 is 18.8 Å². The lowest BCUT2D eigenvalue weighted by molar-refractivity contribution is -0.109. The lowest BCUT2D eigenvalue weighted by Gasteiger charge is -2.14. The van der Waals surface area contributed by atoms with E-state index in [9.17, 15) is 4.79 Å². The maximum absolute atomic E-state index is 10.2. The summed E-state index contributed by atoms with van der Waals surface area (Å²) in [6.07, 6.45) is 3.74. The topological polar surface area (TPSA) is 207 Å². The molecule has 1 amide bonds. The molecule has 8 N–H and O–H groups in total. The quantitative estimate of drug-likeness (QED) is 0.0666. The third-order valence-corrected chi connectivity index (χ3v) is 6.27. The van der Waals surface area contributed by atoms with Crippen molar-refractivity contribution in [2.24, 2.45) is 5.73 Å². The van der Waals surface area contributed by atoms with E-state index in [1.54, 1.807) is 0 Å². The molecule has 2 aromatic heterocycles. The fourth-order valence-electron chi connectivity index (χ4n) is 4.00. The molecule has 0 aliphatic rings. The fraction of sp³-hybridized carbons (Fsp3) is 0.312. The molecule has 2 heterocycles. The second-order valence-electron chi connectivity index (χ2n) is 10.5. The SMILES string of the molecule is C=O.CC(C)(C)c1cc(Nc2ccc(Nc3ncnc(N)c3C(=N)c3ccc(CCCOCCNC=O)cc3)cc2)no1.CN. The van der Waals surface area contributed by atoms with Crippen molar-refractivity contribution in [2.75, 3.05) is 43.2 Å². The number of anilines is 5. The van der Waals surface area contributed by atoms with Crippen LogP contribution >= 0.6 is 0 Å². The number of amides is 1. The van der Waals surface area contributed by atoms with Crippen LogP contribution in [0.15, 0.2) is 65.4 Å². The van der Waals surface area contributed by atoms with E-state index in [4.69, 9.17) is 25.2 Å². The Morgan fingerprint density at radius 2 is 1.64 bits per heavy atom. The van der Waals surface area contributed by atoms with E-state index >= 15 is 0 Å². The third-order valence-electron chi connectivity index (χ3n) is 6.27. The molecule has 13 nitrogen and oxygen atoms in total. The maximum atomic E-state index is 10.2. The standard InChI is InChI=1S/C30H36N8O3.CH5N.CH2O/c1-30(2,3)24-17-25(38-41-24)36-22-10-12-23(13-11-22)37-29-26(28(32)34-18-35-29)27(31)21-8-6-20(7-9-21)5-4-15-40-16-14-33-19-39;2*1-2/h6-13,17-19,31H,4-5,14-16H2,1-3H3,(H,33,39)(H,36,38)(H3,32,34,35,37);2H2,1H3;1H2. The highest BCUT2D eigenvalue weighted by Gasteiger charge is 2.20. The minimum absolute atomic E-state index is 0.125. The predicted molar refractivity (Wildman–Crippen MR) is 177 cm³/mol. The van der Waals surface area contributed by atoms with Gasteiger partial charge in [-0.1, -0.05) is 50.2 Å². The Morgan fingerprint density at radius 1 is 1.00 bits per heavy atom. The number of ether oxygens (including phenoxy) is 1. The maximum Gasteiger partial charge on any atom is 0.207 e. The van der Waals surface area contributed by atoms with E-state index in [0.29, 0.717) is 48.9 Å². The summed E-state index contributed by atoms with van der Waals surface area (Å²) in [4.78, 5) is 26.7. The van der Waals surface area contributed by atoms with Crippen molar-refractivity contribution in [2.45, 2.75) is 39.0 Å². The first-order valence-corrected chi connectivity index (χ1v) is 14.3. The van der Waals surface area contributed by atoms with Gasteiger partial charge >= 0.3 is 0 Å². The average molecular weight is 618 g/mol. The number of carbonyl (C=O) groups is 2. The van der Waals surface area contributed by atoms with Crippen LogP contribution in [-0.4, -0.2) is 60.8 Å². The van der Waals surface area contributed by atoms with Gasteiger partial charge in [-0.25, -0.2) is 9.97 Å². The predicted octanol–water partition coefficient (Wildman–Crippen LogP) is 4.33. The van der Waals surface area contributed by atoms with Gasteiger partial charge in [-0.2, -0.15) is 0 Å². The zero-order valence-corrected chi connectivity index (χ0v) is 26.2. The second kappa shape index (κ2) is 18.5. The van der Waals surface area contributed by atoms with Crippen LogP contribution in [0, 0.1) is 5.41 Å². The van der Waals surface area contributed by atoms with E-state index < -0.39 is 0 Å². The summed E-state index contributed by atoms with van der Waals surface area (Å²) in [5.41, 5.74) is 14.7. The van der Waals surface area contributed by atoms with Crippen molar-refractivity contribution in [3.63, 3.8) is 0 Å². The molecule has 0 fully saturated rings. The zero-order chi connectivity index (χ0) is 33.2. The van der Waals surface area contributed by atoms with Crippen LogP contribution in [0.4, 0.5) is 28.8 Å². The fourth-order valence-corrected chi connectivity index (χ4v) is 4.00. The Balaban J connectivity index is 0.00000169. The smallest absolute Gasteiger partial charge is 0.207 e. The number of aromatic nitrogens is 3. The van der Waals surface area contributed by atoms with Gasteiger partial charge in [0.05, 0.1) is 17.9 Å². The Morgan fingerprint density at radius 3 is 2.24 bits per heavy atom. The van der Waals surface area contributed by atoms with Crippen LogP contribution in [0.25, 0.3) is 0 Å². The Kier molecular flexibility index (Phi) is 14.8. The van der Waals surface area contributed by atoms with Gasteiger partial charge in [0.2, 0.25) is 6.41 Å². The molecule has 4 aromatic rings. The van der Waals surface area contributed by atoms with Crippen molar-refractivity contribution in [1.29, 1.82) is 5.41 Å². The monoisotopic (exact) mass is 617 g/mol. The van der Waals surface area contributed by atoms with Gasteiger partial charge in [0.25, 0.3) is 0 Å². The molecule has 240 valence electrons. The summed E-state index contributed by atoms with van der Waals surface area (Å²) in [6.45, 7) is 9.82.